The minimum atomic E-state index is -0.259. The van der Waals surface area contributed by atoms with Crippen molar-refractivity contribution in [2.24, 2.45) is 5.92 Å². The van der Waals surface area contributed by atoms with E-state index in [1.54, 1.807) is 6.07 Å². The van der Waals surface area contributed by atoms with Crippen molar-refractivity contribution in [1.29, 1.82) is 0 Å². The summed E-state index contributed by atoms with van der Waals surface area (Å²) in [6.07, 6.45) is 7.89. The molecule has 0 radical (unpaired) electrons. The molecule has 0 saturated heterocycles. The normalized spacial score (nSPS) is 16.9. The highest BCUT2D eigenvalue weighted by Crippen LogP contribution is 2.28. The average molecular weight is 295 g/mol. The Bertz CT molecular complexity index is 587. The van der Waals surface area contributed by atoms with Crippen LogP contribution in [0.1, 0.15) is 44.3 Å². The summed E-state index contributed by atoms with van der Waals surface area (Å²) in [4.78, 5) is 4.35. The second-order valence-electron chi connectivity index (χ2n) is 5.71. The smallest absolute Gasteiger partial charge is 0.151 e. The predicted molar refractivity (Wildman–Crippen MR) is 80.4 cm³/mol. The van der Waals surface area contributed by atoms with Gasteiger partial charge in [0.05, 0.1) is 11.4 Å². The van der Waals surface area contributed by atoms with Crippen molar-refractivity contribution in [2.75, 3.05) is 0 Å². The summed E-state index contributed by atoms with van der Waals surface area (Å²) in [5, 5.41) is 0. The van der Waals surface area contributed by atoms with E-state index in [0.717, 1.165) is 30.2 Å². The lowest BCUT2D eigenvalue weighted by Gasteiger charge is -2.22. The quantitative estimate of drug-likeness (QED) is 0.735. The molecule has 1 aromatic carbocycles. The molecule has 0 atom stereocenters. The Morgan fingerprint density at radius 1 is 1.25 bits per heavy atom. The van der Waals surface area contributed by atoms with Crippen LogP contribution in [0.25, 0.3) is 11.0 Å². The van der Waals surface area contributed by atoms with Crippen molar-refractivity contribution in [3.8, 4) is 0 Å². The fourth-order valence-corrected chi connectivity index (χ4v) is 3.50. The molecule has 20 heavy (non-hydrogen) atoms. The Morgan fingerprint density at radius 3 is 2.80 bits per heavy atom. The van der Waals surface area contributed by atoms with E-state index < -0.39 is 0 Å². The number of nitrogens with zero attached hydrogens (tertiary/aromatic N) is 2. The standard InChI is InChI=1S/C16H20ClFN2/c17-11-15-19-16-13(18)7-4-8-14(16)20(15)10-9-12-5-2-1-3-6-12/h4,7-8,12H,1-3,5-6,9-11H2. The number of para-hydroxylation sites is 1. The summed E-state index contributed by atoms with van der Waals surface area (Å²) in [5.41, 5.74) is 1.32. The number of halogens is 2. The molecule has 0 unspecified atom stereocenters. The number of fused-ring (bicyclic) bond motifs is 1. The van der Waals surface area contributed by atoms with Gasteiger partial charge in [-0.15, -0.1) is 11.6 Å². The Morgan fingerprint density at radius 2 is 2.05 bits per heavy atom. The number of aromatic nitrogens is 2. The SMILES string of the molecule is Fc1cccc2c1nc(CCl)n2CCC1CCCCC1. The lowest BCUT2D eigenvalue weighted by molar-refractivity contribution is 0.324. The van der Waals surface area contributed by atoms with E-state index in [1.807, 2.05) is 6.07 Å². The third-order valence-electron chi connectivity index (χ3n) is 4.41. The molecule has 2 aromatic rings. The summed E-state index contributed by atoms with van der Waals surface area (Å²) in [6, 6.07) is 5.13. The zero-order valence-electron chi connectivity index (χ0n) is 11.6. The lowest BCUT2D eigenvalue weighted by atomic mass is 9.87. The van der Waals surface area contributed by atoms with Gasteiger partial charge in [-0.05, 0) is 24.5 Å². The molecule has 1 fully saturated rings. The fraction of sp³-hybridized carbons (Fsp3) is 0.562. The van der Waals surface area contributed by atoms with Gasteiger partial charge < -0.3 is 4.57 Å². The number of hydrogen-bond donors (Lipinski definition) is 0. The van der Waals surface area contributed by atoms with Crippen LogP contribution in [0.2, 0.25) is 0 Å². The Labute approximate surface area is 123 Å². The lowest BCUT2D eigenvalue weighted by Crippen LogP contribution is -2.11. The van der Waals surface area contributed by atoms with Crippen molar-refractivity contribution < 1.29 is 4.39 Å². The summed E-state index contributed by atoms with van der Waals surface area (Å²) >= 11 is 5.97. The van der Waals surface area contributed by atoms with Gasteiger partial charge in [-0.1, -0.05) is 38.2 Å². The van der Waals surface area contributed by atoms with Crippen LogP contribution in [0.15, 0.2) is 18.2 Å². The molecule has 0 aliphatic heterocycles. The summed E-state index contributed by atoms with van der Waals surface area (Å²) in [5.74, 6) is 1.66. The second kappa shape index (κ2) is 6.13. The zero-order chi connectivity index (χ0) is 13.9. The third kappa shape index (κ3) is 2.69. The molecule has 0 bridgehead atoms. The molecule has 1 heterocycles. The van der Waals surface area contributed by atoms with Crippen molar-refractivity contribution >= 4 is 22.6 Å². The van der Waals surface area contributed by atoms with Gasteiger partial charge in [-0.2, -0.15) is 0 Å². The number of rotatable bonds is 4. The minimum absolute atomic E-state index is 0.259. The average Bonchev–Trinajstić information content (AvgIpc) is 2.85. The summed E-state index contributed by atoms with van der Waals surface area (Å²) in [6.45, 7) is 0.896. The van der Waals surface area contributed by atoms with Crippen LogP contribution >= 0.6 is 11.6 Å². The molecule has 2 nitrogen and oxygen atoms in total. The first-order valence-corrected chi connectivity index (χ1v) is 8.02. The van der Waals surface area contributed by atoms with Crippen molar-refractivity contribution in [3.05, 3.63) is 29.8 Å². The first-order valence-electron chi connectivity index (χ1n) is 7.49. The molecule has 1 aliphatic rings. The first kappa shape index (κ1) is 13.9. The van der Waals surface area contributed by atoms with Gasteiger partial charge in [0, 0.05) is 6.54 Å². The molecule has 0 amide bonds. The summed E-state index contributed by atoms with van der Waals surface area (Å²) < 4.78 is 15.9. The number of benzene rings is 1. The molecule has 0 spiro atoms. The highest BCUT2D eigenvalue weighted by atomic mass is 35.5. The van der Waals surface area contributed by atoms with Crippen LogP contribution in [0.5, 0.6) is 0 Å². The van der Waals surface area contributed by atoms with E-state index in [2.05, 4.69) is 9.55 Å². The van der Waals surface area contributed by atoms with Crippen LogP contribution in [-0.2, 0) is 12.4 Å². The van der Waals surface area contributed by atoms with E-state index in [9.17, 15) is 4.39 Å². The van der Waals surface area contributed by atoms with Crippen LogP contribution in [-0.4, -0.2) is 9.55 Å². The fourth-order valence-electron chi connectivity index (χ4n) is 3.30. The summed E-state index contributed by atoms with van der Waals surface area (Å²) in [7, 11) is 0. The topological polar surface area (TPSA) is 17.8 Å². The maximum atomic E-state index is 13.8. The van der Waals surface area contributed by atoms with E-state index >= 15 is 0 Å². The van der Waals surface area contributed by atoms with Crippen molar-refractivity contribution in [2.45, 2.75) is 50.9 Å². The maximum absolute atomic E-state index is 13.8. The van der Waals surface area contributed by atoms with E-state index in [0.29, 0.717) is 11.4 Å². The molecule has 108 valence electrons. The minimum Gasteiger partial charge on any atom is -0.327 e. The molecule has 1 saturated carbocycles. The van der Waals surface area contributed by atoms with Crippen molar-refractivity contribution in [3.63, 3.8) is 0 Å². The zero-order valence-corrected chi connectivity index (χ0v) is 12.4. The third-order valence-corrected chi connectivity index (χ3v) is 4.65. The van der Waals surface area contributed by atoms with E-state index in [4.69, 9.17) is 11.6 Å². The van der Waals surface area contributed by atoms with Gasteiger partial charge in [0.15, 0.2) is 5.82 Å². The van der Waals surface area contributed by atoms with Gasteiger partial charge in [0.25, 0.3) is 0 Å². The van der Waals surface area contributed by atoms with Crippen LogP contribution in [0.4, 0.5) is 4.39 Å². The predicted octanol–water partition coefficient (Wildman–Crippen LogP) is 4.88. The van der Waals surface area contributed by atoms with Gasteiger partial charge in [-0.25, -0.2) is 9.37 Å². The van der Waals surface area contributed by atoms with E-state index in [1.165, 1.54) is 38.2 Å². The number of aryl methyl sites for hydroxylation is 1. The van der Waals surface area contributed by atoms with E-state index in [-0.39, 0.29) is 5.82 Å². The molecular formula is C16H20ClFN2. The maximum Gasteiger partial charge on any atom is 0.151 e. The molecule has 3 rings (SSSR count). The first-order chi connectivity index (χ1) is 9.79. The van der Waals surface area contributed by atoms with Gasteiger partial charge in [0.1, 0.15) is 11.3 Å². The van der Waals surface area contributed by atoms with Crippen LogP contribution in [0.3, 0.4) is 0 Å². The van der Waals surface area contributed by atoms with Crippen molar-refractivity contribution in [1.82, 2.24) is 9.55 Å². The number of imidazole rings is 1. The highest BCUT2D eigenvalue weighted by Gasteiger charge is 2.16. The molecular weight excluding hydrogens is 275 g/mol. The largest absolute Gasteiger partial charge is 0.327 e. The Kier molecular flexibility index (Phi) is 4.25. The highest BCUT2D eigenvalue weighted by molar-refractivity contribution is 6.16. The molecule has 0 N–H and O–H groups in total. The van der Waals surface area contributed by atoms with Crippen LogP contribution in [0, 0.1) is 11.7 Å². The van der Waals surface area contributed by atoms with Crippen LogP contribution < -0.4 is 0 Å². The van der Waals surface area contributed by atoms with Gasteiger partial charge in [0.2, 0.25) is 0 Å². The molecule has 1 aliphatic carbocycles. The second-order valence-corrected chi connectivity index (χ2v) is 5.98. The number of alkyl halides is 1. The molecule has 1 aromatic heterocycles. The number of hydrogen-bond acceptors (Lipinski definition) is 1. The molecule has 4 heteroatoms. The monoisotopic (exact) mass is 294 g/mol. The van der Waals surface area contributed by atoms with Gasteiger partial charge in [-0.3, -0.25) is 0 Å². The Balaban J connectivity index is 1.84. The Hall–Kier alpha value is -1.09. The van der Waals surface area contributed by atoms with Gasteiger partial charge >= 0.3 is 0 Å².